The molecule has 0 atom stereocenters. The number of nitrogens with zero attached hydrogens (tertiary/aromatic N) is 2. The van der Waals surface area contributed by atoms with Gasteiger partial charge >= 0.3 is 0 Å². The van der Waals surface area contributed by atoms with Gasteiger partial charge in [-0.15, -0.1) is 0 Å². The third-order valence-electron chi connectivity index (χ3n) is 4.16. The lowest BCUT2D eigenvalue weighted by atomic mass is 10.1. The van der Waals surface area contributed by atoms with Crippen LogP contribution in [0.2, 0.25) is 0 Å². The highest BCUT2D eigenvalue weighted by Gasteiger charge is 2.16. The summed E-state index contributed by atoms with van der Waals surface area (Å²) in [5, 5.41) is 7.98. The van der Waals surface area contributed by atoms with Crippen molar-refractivity contribution < 1.29 is 9.18 Å². The van der Waals surface area contributed by atoms with Crippen LogP contribution in [0.5, 0.6) is 0 Å². The zero-order valence-corrected chi connectivity index (χ0v) is 14.5. The molecule has 0 saturated heterocycles. The molecule has 0 unspecified atom stereocenters. The van der Waals surface area contributed by atoms with Gasteiger partial charge in [0.2, 0.25) is 0 Å². The number of aryl methyl sites for hydroxylation is 1. The number of unbranched alkanes of at least 4 members (excludes halogenated alkanes) is 2. The van der Waals surface area contributed by atoms with Crippen molar-refractivity contribution in [3.8, 4) is 0 Å². The molecule has 3 rings (SSSR count). The Bertz CT molecular complexity index is 981. The van der Waals surface area contributed by atoms with E-state index in [9.17, 15) is 14.0 Å². The lowest BCUT2D eigenvalue weighted by molar-refractivity contribution is 0.102. The lowest BCUT2D eigenvalue weighted by Gasteiger charge is -2.11. The lowest BCUT2D eigenvalue weighted by Crippen LogP contribution is -2.27. The molecule has 1 aromatic heterocycles. The Labute approximate surface area is 150 Å². The molecule has 0 bridgehead atoms. The highest BCUT2D eigenvalue weighted by molar-refractivity contribution is 6.11. The summed E-state index contributed by atoms with van der Waals surface area (Å²) in [6.45, 7) is 2.55. The molecule has 0 saturated carbocycles. The van der Waals surface area contributed by atoms with E-state index in [0.717, 1.165) is 19.3 Å². The fraction of sp³-hybridized carbons (Fsp3) is 0.250. The molecule has 0 spiro atoms. The summed E-state index contributed by atoms with van der Waals surface area (Å²) in [5.74, 6) is -0.812. The number of benzene rings is 2. The fourth-order valence-corrected chi connectivity index (χ4v) is 2.79. The predicted molar refractivity (Wildman–Crippen MR) is 99.9 cm³/mol. The number of amides is 1. The topological polar surface area (TPSA) is 64.0 Å². The van der Waals surface area contributed by atoms with E-state index in [2.05, 4.69) is 17.3 Å². The molecule has 134 valence electrons. The minimum atomic E-state index is -0.433. The minimum absolute atomic E-state index is 0.182. The molecule has 0 aliphatic carbocycles. The summed E-state index contributed by atoms with van der Waals surface area (Å²) in [6, 6.07) is 12.4. The van der Waals surface area contributed by atoms with E-state index in [-0.39, 0.29) is 17.1 Å². The van der Waals surface area contributed by atoms with E-state index in [1.54, 1.807) is 24.3 Å². The molecule has 3 aromatic rings. The summed E-state index contributed by atoms with van der Waals surface area (Å²) in [6.07, 6.45) is 2.83. The van der Waals surface area contributed by atoms with Gasteiger partial charge in [-0.1, -0.05) is 38.0 Å². The minimum Gasteiger partial charge on any atom is -0.321 e. The van der Waals surface area contributed by atoms with Crippen LogP contribution in [-0.4, -0.2) is 15.7 Å². The number of carbonyl (C=O) groups excluding carboxylic acids is 1. The van der Waals surface area contributed by atoms with Gasteiger partial charge < -0.3 is 5.32 Å². The van der Waals surface area contributed by atoms with Crippen molar-refractivity contribution in [1.29, 1.82) is 0 Å². The van der Waals surface area contributed by atoms with Gasteiger partial charge in [-0.25, -0.2) is 9.07 Å². The van der Waals surface area contributed by atoms with E-state index >= 15 is 0 Å². The summed E-state index contributed by atoms with van der Waals surface area (Å²) in [5.41, 5.74) is 0.446. The average molecular weight is 353 g/mol. The molecule has 1 amide bonds. The molecule has 1 N–H and O–H groups in total. The van der Waals surface area contributed by atoms with Gasteiger partial charge in [0.1, 0.15) is 5.82 Å². The van der Waals surface area contributed by atoms with Gasteiger partial charge in [-0.2, -0.15) is 5.10 Å². The molecule has 0 fully saturated rings. The monoisotopic (exact) mass is 353 g/mol. The highest BCUT2D eigenvalue weighted by atomic mass is 19.1. The molecule has 0 aliphatic heterocycles. The molecule has 1 heterocycles. The Morgan fingerprint density at radius 3 is 2.46 bits per heavy atom. The maximum absolute atomic E-state index is 13.0. The number of anilines is 1. The van der Waals surface area contributed by atoms with Crippen LogP contribution in [0.3, 0.4) is 0 Å². The Hall–Kier alpha value is -3.02. The van der Waals surface area contributed by atoms with Gasteiger partial charge in [0.15, 0.2) is 5.69 Å². The first-order valence-corrected chi connectivity index (χ1v) is 8.67. The Morgan fingerprint density at radius 2 is 1.77 bits per heavy atom. The van der Waals surface area contributed by atoms with Crippen LogP contribution in [0.25, 0.3) is 10.8 Å². The van der Waals surface area contributed by atoms with Gasteiger partial charge in [-0.05, 0) is 36.8 Å². The van der Waals surface area contributed by atoms with Crippen LogP contribution in [-0.2, 0) is 6.54 Å². The van der Waals surface area contributed by atoms with Crippen LogP contribution >= 0.6 is 0 Å². The molecule has 0 aliphatic rings. The van der Waals surface area contributed by atoms with Crippen molar-refractivity contribution >= 4 is 22.4 Å². The smallest absolute Gasteiger partial charge is 0.276 e. The number of hydrogen-bond acceptors (Lipinski definition) is 3. The van der Waals surface area contributed by atoms with E-state index in [1.165, 1.54) is 28.9 Å². The third kappa shape index (κ3) is 3.79. The standard InChI is InChI=1S/C20H20FN3O2/c1-2-3-6-13-24-20(26)17-8-5-4-7-16(17)18(23-24)19(25)22-15-11-9-14(21)10-12-15/h4-5,7-12H,2-3,6,13H2,1H3,(H,22,25). The van der Waals surface area contributed by atoms with E-state index in [4.69, 9.17) is 0 Å². The predicted octanol–water partition coefficient (Wildman–Crippen LogP) is 3.98. The van der Waals surface area contributed by atoms with E-state index in [1.807, 2.05) is 0 Å². The molecule has 2 aromatic carbocycles. The highest BCUT2D eigenvalue weighted by Crippen LogP contribution is 2.16. The summed E-state index contributed by atoms with van der Waals surface area (Å²) in [7, 11) is 0. The Balaban J connectivity index is 2.00. The van der Waals surface area contributed by atoms with E-state index in [0.29, 0.717) is 23.0 Å². The van der Waals surface area contributed by atoms with Crippen molar-refractivity contribution in [3.05, 3.63) is 70.4 Å². The molecule has 6 heteroatoms. The summed E-state index contributed by atoms with van der Waals surface area (Å²) < 4.78 is 14.4. The third-order valence-corrected chi connectivity index (χ3v) is 4.16. The van der Waals surface area contributed by atoms with Gasteiger partial charge in [0.25, 0.3) is 11.5 Å². The maximum atomic E-state index is 13.0. The number of fused-ring (bicyclic) bond motifs is 1. The largest absolute Gasteiger partial charge is 0.321 e. The molecular formula is C20H20FN3O2. The van der Waals surface area contributed by atoms with Crippen LogP contribution in [0.4, 0.5) is 10.1 Å². The second-order valence-electron chi connectivity index (χ2n) is 6.09. The quantitative estimate of drug-likeness (QED) is 0.682. The zero-order chi connectivity index (χ0) is 18.5. The summed E-state index contributed by atoms with van der Waals surface area (Å²) >= 11 is 0. The first-order valence-electron chi connectivity index (χ1n) is 8.67. The molecule has 5 nitrogen and oxygen atoms in total. The second-order valence-corrected chi connectivity index (χ2v) is 6.09. The number of carbonyl (C=O) groups is 1. The van der Waals surface area contributed by atoms with Crippen molar-refractivity contribution in [1.82, 2.24) is 9.78 Å². The van der Waals surface area contributed by atoms with E-state index < -0.39 is 5.91 Å². The second kappa shape index (κ2) is 7.91. The van der Waals surface area contributed by atoms with Crippen LogP contribution in [0, 0.1) is 5.82 Å². The number of rotatable bonds is 6. The number of nitrogens with one attached hydrogen (secondary N) is 1. The van der Waals surface area contributed by atoms with Gasteiger partial charge in [-0.3, -0.25) is 9.59 Å². The first kappa shape index (κ1) is 17.8. The van der Waals surface area contributed by atoms with Crippen LogP contribution in [0.1, 0.15) is 36.7 Å². The SMILES string of the molecule is CCCCCn1nc(C(=O)Nc2ccc(F)cc2)c2ccccc2c1=O. The van der Waals surface area contributed by atoms with Crippen molar-refractivity contribution in [2.24, 2.45) is 0 Å². The molecule has 0 radical (unpaired) electrons. The first-order chi connectivity index (χ1) is 12.6. The number of aromatic nitrogens is 2. The molecular weight excluding hydrogens is 333 g/mol. The van der Waals surface area contributed by atoms with Crippen LogP contribution in [0.15, 0.2) is 53.3 Å². The average Bonchev–Trinajstić information content (AvgIpc) is 2.65. The van der Waals surface area contributed by atoms with Crippen molar-refractivity contribution in [2.45, 2.75) is 32.7 Å². The Morgan fingerprint density at radius 1 is 1.08 bits per heavy atom. The maximum Gasteiger partial charge on any atom is 0.276 e. The van der Waals surface area contributed by atoms with Gasteiger partial charge in [0.05, 0.1) is 5.39 Å². The zero-order valence-electron chi connectivity index (χ0n) is 14.5. The van der Waals surface area contributed by atoms with Crippen molar-refractivity contribution in [2.75, 3.05) is 5.32 Å². The summed E-state index contributed by atoms with van der Waals surface area (Å²) in [4.78, 5) is 25.3. The normalized spacial score (nSPS) is 10.8. The van der Waals surface area contributed by atoms with Gasteiger partial charge in [0, 0.05) is 17.6 Å². The van der Waals surface area contributed by atoms with Crippen molar-refractivity contribution in [3.63, 3.8) is 0 Å². The number of halogens is 1. The Kier molecular flexibility index (Phi) is 5.41. The van der Waals surface area contributed by atoms with Crippen LogP contribution < -0.4 is 10.9 Å². The molecule has 26 heavy (non-hydrogen) atoms. The fourth-order valence-electron chi connectivity index (χ4n) is 2.79. The number of hydrogen-bond donors (Lipinski definition) is 1.